The van der Waals surface area contributed by atoms with Gasteiger partial charge in [0.25, 0.3) is 5.91 Å². The monoisotopic (exact) mass is 390 g/mol. The summed E-state index contributed by atoms with van der Waals surface area (Å²) < 4.78 is 14.6. The Labute approximate surface area is 150 Å². The third-order valence-electron chi connectivity index (χ3n) is 4.38. The minimum atomic E-state index is -0.471. The van der Waals surface area contributed by atoms with Crippen LogP contribution in [0.5, 0.6) is 0 Å². The van der Waals surface area contributed by atoms with E-state index in [4.69, 9.17) is 0 Å². The summed E-state index contributed by atoms with van der Waals surface area (Å²) >= 11 is 3.21. The van der Waals surface area contributed by atoms with E-state index in [1.54, 1.807) is 17.0 Å². The lowest BCUT2D eigenvalue weighted by molar-refractivity contribution is 0.0634. The molecule has 0 N–H and O–H groups in total. The Kier molecular flexibility index (Phi) is 5.63. The smallest absolute Gasteiger partial charge is 0.256 e. The summed E-state index contributed by atoms with van der Waals surface area (Å²) in [6.45, 7) is 3.93. The van der Waals surface area contributed by atoms with Crippen LogP contribution in [0.3, 0.4) is 0 Å². The van der Waals surface area contributed by atoms with Gasteiger partial charge >= 0.3 is 0 Å². The van der Waals surface area contributed by atoms with Crippen molar-refractivity contribution in [2.75, 3.05) is 32.7 Å². The second kappa shape index (κ2) is 7.90. The van der Waals surface area contributed by atoms with E-state index in [0.29, 0.717) is 17.6 Å². The Hall–Kier alpha value is -1.72. The van der Waals surface area contributed by atoms with Gasteiger partial charge in [-0.3, -0.25) is 9.69 Å². The quantitative estimate of drug-likeness (QED) is 0.796. The summed E-state index contributed by atoms with van der Waals surface area (Å²) in [5.74, 6) is -0.691. The van der Waals surface area contributed by atoms with Crippen molar-refractivity contribution in [1.82, 2.24) is 9.80 Å². The van der Waals surface area contributed by atoms with Crippen LogP contribution in [-0.2, 0) is 6.42 Å². The topological polar surface area (TPSA) is 23.6 Å². The molecule has 1 amide bonds. The van der Waals surface area contributed by atoms with Gasteiger partial charge in [-0.1, -0.05) is 46.3 Å². The zero-order valence-corrected chi connectivity index (χ0v) is 15.0. The number of benzene rings is 2. The molecule has 1 fully saturated rings. The number of carbonyl (C=O) groups excluding carboxylic acids is 1. The van der Waals surface area contributed by atoms with Crippen molar-refractivity contribution in [2.45, 2.75) is 6.42 Å². The number of amides is 1. The second-order valence-electron chi connectivity index (χ2n) is 5.99. The first-order chi connectivity index (χ1) is 11.6. The largest absolute Gasteiger partial charge is 0.336 e. The van der Waals surface area contributed by atoms with E-state index in [9.17, 15) is 9.18 Å². The summed E-state index contributed by atoms with van der Waals surface area (Å²) in [5, 5.41) is 0. The fraction of sp³-hybridized carbons (Fsp3) is 0.316. The average molecular weight is 391 g/mol. The summed E-state index contributed by atoms with van der Waals surface area (Å²) in [7, 11) is 0. The zero-order valence-electron chi connectivity index (χ0n) is 13.4. The molecular formula is C19H20BrFN2O. The van der Waals surface area contributed by atoms with Crippen LogP contribution in [0.1, 0.15) is 15.9 Å². The lowest BCUT2D eigenvalue weighted by Gasteiger charge is -2.34. The van der Waals surface area contributed by atoms with E-state index >= 15 is 0 Å². The molecule has 0 bridgehead atoms. The minimum Gasteiger partial charge on any atom is -0.336 e. The van der Waals surface area contributed by atoms with Crippen molar-refractivity contribution >= 4 is 21.8 Å². The van der Waals surface area contributed by atoms with Crippen LogP contribution in [-0.4, -0.2) is 48.4 Å². The maximum atomic E-state index is 14.0. The predicted molar refractivity (Wildman–Crippen MR) is 96.6 cm³/mol. The Morgan fingerprint density at radius 2 is 1.75 bits per heavy atom. The number of hydrogen-bond donors (Lipinski definition) is 0. The molecule has 0 aliphatic carbocycles. The van der Waals surface area contributed by atoms with Crippen LogP contribution < -0.4 is 0 Å². The molecule has 0 radical (unpaired) electrons. The number of nitrogens with zero attached hydrogens (tertiary/aromatic N) is 2. The Morgan fingerprint density at radius 1 is 1.04 bits per heavy atom. The minimum absolute atomic E-state index is 0.149. The highest BCUT2D eigenvalue weighted by Crippen LogP contribution is 2.18. The molecule has 3 nitrogen and oxygen atoms in total. The van der Waals surface area contributed by atoms with Gasteiger partial charge in [0.2, 0.25) is 0 Å². The molecule has 0 aromatic heterocycles. The third-order valence-corrected chi connectivity index (χ3v) is 4.87. The predicted octanol–water partition coefficient (Wildman–Crippen LogP) is 3.59. The molecule has 1 saturated heterocycles. The Bertz CT molecular complexity index is 700. The van der Waals surface area contributed by atoms with Gasteiger partial charge in [0.05, 0.1) is 5.56 Å². The van der Waals surface area contributed by atoms with Crippen molar-refractivity contribution in [3.05, 3.63) is 69.9 Å². The van der Waals surface area contributed by atoms with Gasteiger partial charge in [-0.05, 0) is 30.2 Å². The van der Waals surface area contributed by atoms with Gasteiger partial charge < -0.3 is 4.90 Å². The lowest BCUT2D eigenvalue weighted by atomic mass is 10.1. The highest BCUT2D eigenvalue weighted by molar-refractivity contribution is 9.10. The number of halogens is 2. The molecule has 0 saturated carbocycles. The molecule has 1 aliphatic heterocycles. The normalized spacial score (nSPS) is 15.5. The number of piperazine rings is 1. The van der Waals surface area contributed by atoms with E-state index in [1.807, 2.05) is 6.07 Å². The number of carbonyl (C=O) groups is 1. The summed E-state index contributed by atoms with van der Waals surface area (Å²) in [6, 6.07) is 15.0. The van der Waals surface area contributed by atoms with Gasteiger partial charge in [0, 0.05) is 37.2 Å². The first-order valence-corrected chi connectivity index (χ1v) is 8.93. The van der Waals surface area contributed by atoms with Gasteiger partial charge in [0.1, 0.15) is 5.82 Å². The highest BCUT2D eigenvalue weighted by Gasteiger charge is 2.23. The molecule has 24 heavy (non-hydrogen) atoms. The van der Waals surface area contributed by atoms with E-state index < -0.39 is 5.82 Å². The zero-order chi connectivity index (χ0) is 16.9. The second-order valence-corrected chi connectivity index (χ2v) is 6.91. The summed E-state index contributed by atoms with van der Waals surface area (Å²) in [4.78, 5) is 16.6. The maximum Gasteiger partial charge on any atom is 0.256 e. The van der Waals surface area contributed by atoms with Crippen LogP contribution in [0.15, 0.2) is 53.0 Å². The van der Waals surface area contributed by atoms with E-state index in [0.717, 1.165) is 26.1 Å². The van der Waals surface area contributed by atoms with Crippen LogP contribution in [0.25, 0.3) is 0 Å². The molecule has 0 atom stereocenters. The third kappa shape index (κ3) is 4.22. The fourth-order valence-corrected chi connectivity index (χ4v) is 3.27. The number of hydrogen-bond acceptors (Lipinski definition) is 2. The van der Waals surface area contributed by atoms with Crippen molar-refractivity contribution < 1.29 is 9.18 Å². The molecule has 2 aromatic rings. The van der Waals surface area contributed by atoms with Crippen LogP contribution in [0.2, 0.25) is 0 Å². The van der Waals surface area contributed by atoms with Crippen LogP contribution in [0, 0.1) is 5.82 Å². The lowest BCUT2D eigenvalue weighted by Crippen LogP contribution is -2.49. The van der Waals surface area contributed by atoms with Crippen molar-refractivity contribution in [3.8, 4) is 0 Å². The van der Waals surface area contributed by atoms with Crippen molar-refractivity contribution in [2.24, 2.45) is 0 Å². The van der Waals surface area contributed by atoms with Gasteiger partial charge in [-0.25, -0.2) is 4.39 Å². The molecule has 3 rings (SSSR count). The molecular weight excluding hydrogens is 371 g/mol. The van der Waals surface area contributed by atoms with E-state index in [-0.39, 0.29) is 11.5 Å². The first kappa shape index (κ1) is 17.1. The molecule has 5 heteroatoms. The molecule has 1 aliphatic rings. The van der Waals surface area contributed by atoms with Gasteiger partial charge in [-0.2, -0.15) is 0 Å². The maximum absolute atomic E-state index is 14.0. The van der Waals surface area contributed by atoms with Gasteiger partial charge in [-0.15, -0.1) is 0 Å². The fourth-order valence-electron chi connectivity index (χ4n) is 2.94. The Balaban J connectivity index is 1.52. The van der Waals surface area contributed by atoms with Crippen molar-refractivity contribution in [3.63, 3.8) is 0 Å². The number of rotatable bonds is 4. The Morgan fingerprint density at radius 3 is 2.42 bits per heavy atom. The summed E-state index contributed by atoms with van der Waals surface area (Å²) in [5.41, 5.74) is 1.48. The van der Waals surface area contributed by atoms with Crippen molar-refractivity contribution in [1.29, 1.82) is 0 Å². The molecule has 2 aromatic carbocycles. The molecule has 126 valence electrons. The van der Waals surface area contributed by atoms with Gasteiger partial charge in [0.15, 0.2) is 0 Å². The SMILES string of the molecule is O=C(c1ccc(Br)cc1F)N1CCN(CCc2ccccc2)CC1. The van der Waals surface area contributed by atoms with Crippen LogP contribution in [0.4, 0.5) is 4.39 Å². The van der Waals surface area contributed by atoms with Crippen LogP contribution >= 0.6 is 15.9 Å². The molecule has 0 unspecified atom stereocenters. The molecule has 0 spiro atoms. The summed E-state index contributed by atoms with van der Waals surface area (Å²) in [6.07, 6.45) is 1.01. The standard InChI is InChI=1S/C19H20BrFN2O/c20-16-6-7-17(18(21)14-16)19(24)23-12-10-22(11-13-23)9-8-15-4-2-1-3-5-15/h1-7,14H,8-13H2. The molecule has 1 heterocycles. The highest BCUT2D eigenvalue weighted by atomic mass is 79.9. The van der Waals surface area contributed by atoms with E-state index in [1.165, 1.54) is 11.6 Å². The first-order valence-electron chi connectivity index (χ1n) is 8.14. The average Bonchev–Trinajstić information content (AvgIpc) is 2.61. The van der Waals surface area contributed by atoms with E-state index in [2.05, 4.69) is 45.1 Å².